The molecule has 0 saturated carbocycles. The molecule has 1 heterocycles. The van der Waals surface area contributed by atoms with E-state index < -0.39 is 22.0 Å². The van der Waals surface area contributed by atoms with Crippen molar-refractivity contribution in [3.05, 3.63) is 90.8 Å². The van der Waals surface area contributed by atoms with Gasteiger partial charge in [-0.25, -0.2) is 18.4 Å². The van der Waals surface area contributed by atoms with E-state index in [4.69, 9.17) is 9.47 Å². The van der Waals surface area contributed by atoms with Gasteiger partial charge in [0.2, 0.25) is 10.0 Å². The fourth-order valence-electron chi connectivity index (χ4n) is 4.70. The smallest absolute Gasteiger partial charge is 0.322 e. The van der Waals surface area contributed by atoms with Crippen molar-refractivity contribution < 1.29 is 27.8 Å². The van der Waals surface area contributed by atoms with Crippen molar-refractivity contribution in [3.8, 4) is 34.0 Å². The highest BCUT2D eigenvalue weighted by Gasteiger charge is 2.26. The molecule has 0 amide bonds. The van der Waals surface area contributed by atoms with E-state index >= 15 is 0 Å². The molecule has 1 aromatic heterocycles. The Hall–Kier alpha value is -4.28. The van der Waals surface area contributed by atoms with Gasteiger partial charge in [0.25, 0.3) is 0 Å². The SMILES string of the molecule is CCCCCCCOc1ccc(-c2cnc(-c3ccc(C[C@H](NS(=O)(=O)c4ccc(OC(C)C)cc4)C(=O)O)cc3)nc2)cc1. The molecule has 238 valence electrons. The number of rotatable bonds is 17. The molecule has 4 aromatic rings. The number of ether oxygens (including phenoxy) is 2. The second kappa shape index (κ2) is 16.2. The summed E-state index contributed by atoms with van der Waals surface area (Å²) in [7, 11) is -4.07. The number of carbonyl (C=O) groups is 1. The molecule has 1 atom stereocenters. The first-order chi connectivity index (χ1) is 21.6. The molecule has 45 heavy (non-hydrogen) atoms. The lowest BCUT2D eigenvalue weighted by Crippen LogP contribution is -2.42. The van der Waals surface area contributed by atoms with Crippen LogP contribution in [0.4, 0.5) is 0 Å². The second-order valence-corrected chi connectivity index (χ2v) is 12.8. The van der Waals surface area contributed by atoms with Gasteiger partial charge in [-0.05, 0) is 74.2 Å². The van der Waals surface area contributed by atoms with Crippen molar-refractivity contribution >= 4 is 16.0 Å². The molecular weight excluding hydrogens is 590 g/mol. The molecule has 0 bridgehead atoms. The van der Waals surface area contributed by atoms with E-state index in [2.05, 4.69) is 21.6 Å². The Morgan fingerprint density at radius 3 is 2.00 bits per heavy atom. The predicted octanol–water partition coefficient (Wildman–Crippen LogP) is 6.92. The van der Waals surface area contributed by atoms with Gasteiger partial charge >= 0.3 is 5.97 Å². The summed E-state index contributed by atoms with van der Waals surface area (Å²) in [6, 6.07) is 19.5. The lowest BCUT2D eigenvalue weighted by atomic mass is 10.0. The third-order valence-electron chi connectivity index (χ3n) is 7.11. The number of nitrogens with zero attached hydrogens (tertiary/aromatic N) is 2. The zero-order valence-corrected chi connectivity index (χ0v) is 26.8. The van der Waals surface area contributed by atoms with Crippen LogP contribution in [0.5, 0.6) is 11.5 Å². The van der Waals surface area contributed by atoms with E-state index in [0.717, 1.165) is 35.5 Å². The van der Waals surface area contributed by atoms with Crippen LogP contribution in [-0.2, 0) is 21.2 Å². The van der Waals surface area contributed by atoms with Gasteiger partial charge in [-0.2, -0.15) is 4.72 Å². The topological polar surface area (TPSA) is 128 Å². The summed E-state index contributed by atoms with van der Waals surface area (Å²) in [4.78, 5) is 21.0. The maximum Gasteiger partial charge on any atom is 0.322 e. The van der Waals surface area contributed by atoms with Crippen LogP contribution in [0.3, 0.4) is 0 Å². The first-order valence-electron chi connectivity index (χ1n) is 15.3. The molecule has 4 rings (SSSR count). The minimum Gasteiger partial charge on any atom is -0.494 e. The minimum absolute atomic E-state index is 0.0399. The van der Waals surface area contributed by atoms with Crippen LogP contribution in [0, 0.1) is 0 Å². The van der Waals surface area contributed by atoms with Gasteiger partial charge in [0, 0.05) is 23.5 Å². The van der Waals surface area contributed by atoms with Gasteiger partial charge in [-0.3, -0.25) is 4.79 Å². The quantitative estimate of drug-likeness (QED) is 0.120. The second-order valence-electron chi connectivity index (χ2n) is 11.1. The van der Waals surface area contributed by atoms with Crippen LogP contribution in [-0.4, -0.2) is 48.2 Å². The third kappa shape index (κ3) is 10.1. The van der Waals surface area contributed by atoms with Crippen LogP contribution in [0.1, 0.15) is 58.4 Å². The summed E-state index contributed by atoms with van der Waals surface area (Å²) < 4.78 is 39.5. The van der Waals surface area contributed by atoms with Crippen LogP contribution in [0.15, 0.2) is 90.1 Å². The van der Waals surface area contributed by atoms with Gasteiger partial charge < -0.3 is 14.6 Å². The number of hydrogen-bond acceptors (Lipinski definition) is 7. The maximum absolute atomic E-state index is 12.9. The average Bonchev–Trinajstić information content (AvgIpc) is 3.03. The molecule has 3 aromatic carbocycles. The fourth-order valence-corrected chi connectivity index (χ4v) is 5.88. The summed E-state index contributed by atoms with van der Waals surface area (Å²) in [5, 5.41) is 9.76. The molecule has 0 unspecified atom stereocenters. The van der Waals surface area contributed by atoms with Crippen molar-refractivity contribution in [1.29, 1.82) is 0 Å². The number of carboxylic acids is 1. The number of unbranched alkanes of at least 4 members (excludes halogenated alkanes) is 4. The normalized spacial score (nSPS) is 12.2. The maximum atomic E-state index is 12.9. The molecule has 2 N–H and O–H groups in total. The minimum atomic E-state index is -4.07. The van der Waals surface area contributed by atoms with Crippen molar-refractivity contribution in [2.24, 2.45) is 0 Å². The van der Waals surface area contributed by atoms with E-state index in [0.29, 0.717) is 17.1 Å². The zero-order valence-electron chi connectivity index (χ0n) is 26.0. The Balaban J connectivity index is 1.34. The van der Waals surface area contributed by atoms with Crippen LogP contribution >= 0.6 is 0 Å². The number of hydrogen-bond donors (Lipinski definition) is 2. The zero-order chi connectivity index (χ0) is 32.2. The van der Waals surface area contributed by atoms with E-state index in [1.165, 1.54) is 37.8 Å². The third-order valence-corrected chi connectivity index (χ3v) is 8.60. The van der Waals surface area contributed by atoms with Gasteiger partial charge in [0.15, 0.2) is 5.82 Å². The Morgan fingerprint density at radius 2 is 1.40 bits per heavy atom. The standard InChI is InChI=1S/C35H41N3O6S/c1-4-5-6-7-8-21-43-30-15-13-27(14-16-30)29-23-36-34(37-24-29)28-11-9-26(10-12-28)22-33(35(39)40)38-45(41,42)32-19-17-31(18-20-32)44-25(2)3/h9-20,23-25,33,38H,4-8,21-22H2,1-3H3,(H,39,40)/t33-/m0/s1. The first-order valence-corrected chi connectivity index (χ1v) is 16.8. The van der Waals surface area contributed by atoms with Crippen molar-refractivity contribution in [1.82, 2.24) is 14.7 Å². The van der Waals surface area contributed by atoms with Crippen LogP contribution in [0.2, 0.25) is 0 Å². The van der Waals surface area contributed by atoms with E-state index in [9.17, 15) is 18.3 Å². The monoisotopic (exact) mass is 631 g/mol. The fraction of sp³-hybridized carbons (Fsp3) is 0.343. The molecule has 0 aliphatic rings. The summed E-state index contributed by atoms with van der Waals surface area (Å²) in [6.07, 6.45) is 9.42. The Bertz CT molecular complexity index is 1610. The Labute approximate surface area is 265 Å². The van der Waals surface area contributed by atoms with Crippen LogP contribution < -0.4 is 14.2 Å². The lowest BCUT2D eigenvalue weighted by molar-refractivity contribution is -0.138. The highest BCUT2D eigenvalue weighted by Crippen LogP contribution is 2.24. The summed E-state index contributed by atoms with van der Waals surface area (Å²) in [6.45, 7) is 6.66. The van der Waals surface area contributed by atoms with Gasteiger partial charge in [0.1, 0.15) is 17.5 Å². The van der Waals surface area contributed by atoms with E-state index in [1.807, 2.05) is 38.1 Å². The van der Waals surface area contributed by atoms with E-state index in [-0.39, 0.29) is 17.4 Å². The molecule has 0 radical (unpaired) electrons. The molecule has 9 nitrogen and oxygen atoms in total. The summed E-state index contributed by atoms with van der Waals surface area (Å²) in [5.74, 6) is 0.619. The highest BCUT2D eigenvalue weighted by atomic mass is 32.2. The average molecular weight is 632 g/mol. The molecule has 0 aliphatic heterocycles. The first kappa shape index (κ1) is 33.6. The van der Waals surface area contributed by atoms with Crippen molar-refractivity contribution in [2.45, 2.75) is 76.3 Å². The number of benzene rings is 3. The summed E-state index contributed by atoms with van der Waals surface area (Å²) in [5.41, 5.74) is 3.26. The van der Waals surface area contributed by atoms with Gasteiger partial charge in [-0.15, -0.1) is 0 Å². The number of sulfonamides is 1. The largest absolute Gasteiger partial charge is 0.494 e. The number of nitrogens with one attached hydrogen (secondary N) is 1. The van der Waals surface area contributed by atoms with E-state index in [1.54, 1.807) is 48.8 Å². The highest BCUT2D eigenvalue weighted by molar-refractivity contribution is 7.89. The molecular formula is C35H41N3O6S. The van der Waals surface area contributed by atoms with Gasteiger partial charge in [-0.1, -0.05) is 69.0 Å². The number of carboxylic acid groups (broad SMARTS) is 1. The van der Waals surface area contributed by atoms with Crippen molar-refractivity contribution in [2.75, 3.05) is 6.61 Å². The van der Waals surface area contributed by atoms with Crippen LogP contribution in [0.25, 0.3) is 22.5 Å². The predicted molar refractivity (Wildman–Crippen MR) is 175 cm³/mol. The molecule has 0 aliphatic carbocycles. The number of aromatic nitrogens is 2. The lowest BCUT2D eigenvalue weighted by Gasteiger charge is -2.16. The molecule has 10 heteroatoms. The molecule has 0 saturated heterocycles. The molecule has 0 fully saturated rings. The molecule has 0 spiro atoms. The summed E-state index contributed by atoms with van der Waals surface area (Å²) >= 11 is 0. The Morgan fingerprint density at radius 1 is 0.800 bits per heavy atom. The van der Waals surface area contributed by atoms with Crippen molar-refractivity contribution in [3.63, 3.8) is 0 Å². The van der Waals surface area contributed by atoms with Gasteiger partial charge in [0.05, 0.1) is 17.6 Å². The number of aliphatic carboxylic acids is 1. The Kier molecular flexibility index (Phi) is 12.1.